The van der Waals surface area contributed by atoms with Crippen LogP contribution >= 0.6 is 7.91 Å². The van der Waals surface area contributed by atoms with Gasteiger partial charge < -0.3 is 10.3 Å². The predicted octanol–water partition coefficient (Wildman–Crippen LogP) is 4.03. The molecule has 1 unspecified atom stereocenters. The van der Waals surface area contributed by atoms with Gasteiger partial charge in [-0.2, -0.15) is 0 Å². The lowest BCUT2D eigenvalue weighted by Crippen LogP contribution is -2.59. The Bertz CT molecular complexity index is 344. The van der Waals surface area contributed by atoms with Gasteiger partial charge in [-0.1, -0.05) is 6.92 Å². The van der Waals surface area contributed by atoms with Crippen LogP contribution in [0.4, 0.5) is 4.20 Å². The van der Waals surface area contributed by atoms with E-state index in [4.69, 9.17) is 4.52 Å². The smallest absolute Gasteiger partial charge is 0.513 e. The number of hydrogen-bond donors (Lipinski definition) is 0. The maximum atomic E-state index is 13.7. The Morgan fingerprint density at radius 2 is 1.79 bits per heavy atom. The summed E-state index contributed by atoms with van der Waals surface area (Å²) in [6.45, 7) is 8.93. The Morgan fingerprint density at radius 1 is 1.32 bits per heavy atom. The zero-order chi connectivity index (χ0) is 14.9. The van der Waals surface area contributed by atoms with Crippen molar-refractivity contribution < 1.29 is 17.8 Å². The van der Waals surface area contributed by atoms with Crippen molar-refractivity contribution in [1.29, 1.82) is 0 Å². The highest BCUT2D eigenvalue weighted by atomic mass is 31.2. The van der Waals surface area contributed by atoms with Crippen LogP contribution in [0.25, 0.3) is 0 Å². The van der Waals surface area contributed by atoms with Gasteiger partial charge in [0.05, 0.1) is 12.7 Å². The third kappa shape index (κ3) is 4.50. The monoisotopic (exact) mass is 296 g/mol. The Balaban J connectivity index is 2.73. The van der Waals surface area contributed by atoms with Crippen LogP contribution in [0.2, 0.25) is 0 Å². The SMILES string of the molecule is CCCOP(=O)(F)OC1CC(C)(C)N([O-])C(C)(C)C1. The molecule has 0 aromatic carbocycles. The average Bonchev–Trinajstić information content (AvgIpc) is 2.21. The number of hydrogen-bond acceptors (Lipinski definition) is 5. The number of piperidine rings is 1. The van der Waals surface area contributed by atoms with Gasteiger partial charge in [0, 0.05) is 11.1 Å². The summed E-state index contributed by atoms with van der Waals surface area (Å²) in [5.41, 5.74) is -1.37. The van der Waals surface area contributed by atoms with Crippen molar-refractivity contribution in [2.24, 2.45) is 0 Å². The third-order valence-electron chi connectivity index (χ3n) is 3.28. The van der Waals surface area contributed by atoms with Crippen LogP contribution in [0, 0.1) is 5.21 Å². The zero-order valence-electron chi connectivity index (χ0n) is 12.3. The van der Waals surface area contributed by atoms with Crippen LogP contribution in [-0.2, 0) is 13.6 Å². The van der Waals surface area contributed by atoms with E-state index in [9.17, 15) is 14.0 Å². The van der Waals surface area contributed by atoms with Crippen molar-refractivity contribution in [2.45, 2.75) is 71.1 Å². The summed E-state index contributed by atoms with van der Waals surface area (Å²) in [5, 5.41) is 13.1. The lowest BCUT2D eigenvalue weighted by Gasteiger charge is -2.59. The topological polar surface area (TPSA) is 61.8 Å². The normalized spacial score (nSPS) is 27.1. The molecule has 0 aromatic heterocycles. The summed E-state index contributed by atoms with van der Waals surface area (Å²) in [7, 11) is -4.53. The van der Waals surface area contributed by atoms with Crippen LogP contribution in [-0.4, -0.2) is 28.9 Å². The van der Waals surface area contributed by atoms with E-state index >= 15 is 0 Å². The van der Waals surface area contributed by atoms with E-state index in [1.54, 1.807) is 34.6 Å². The van der Waals surface area contributed by atoms with Crippen LogP contribution < -0.4 is 0 Å². The molecule has 0 N–H and O–H groups in total. The molecule has 0 saturated carbocycles. The minimum Gasteiger partial charge on any atom is -0.784 e. The first-order valence-corrected chi connectivity index (χ1v) is 8.04. The average molecular weight is 296 g/mol. The number of hydroxylamine groups is 2. The highest BCUT2D eigenvalue weighted by molar-refractivity contribution is 7.48. The quantitative estimate of drug-likeness (QED) is 0.717. The Labute approximate surface area is 114 Å². The first-order valence-electron chi connectivity index (χ1n) is 6.60. The van der Waals surface area contributed by atoms with E-state index in [2.05, 4.69) is 4.52 Å². The van der Waals surface area contributed by atoms with Gasteiger partial charge >= 0.3 is 7.91 Å². The molecule has 0 aromatic rings. The van der Waals surface area contributed by atoms with Crippen molar-refractivity contribution in [2.75, 3.05) is 6.61 Å². The zero-order valence-corrected chi connectivity index (χ0v) is 13.2. The molecular formula is C12H24FNO4P-. The molecule has 0 spiro atoms. The van der Waals surface area contributed by atoms with E-state index in [0.717, 1.165) is 5.06 Å². The first kappa shape index (κ1) is 17.1. The van der Waals surface area contributed by atoms with Gasteiger partial charge in [0.15, 0.2) is 0 Å². The fourth-order valence-corrected chi connectivity index (χ4v) is 3.62. The highest BCUT2D eigenvalue weighted by Gasteiger charge is 2.43. The van der Waals surface area contributed by atoms with E-state index in [-0.39, 0.29) is 6.61 Å². The molecular weight excluding hydrogens is 272 g/mol. The summed E-state index contributed by atoms with van der Waals surface area (Å²) in [4.78, 5) is 0. The van der Waals surface area contributed by atoms with Gasteiger partial charge in [-0.3, -0.25) is 9.05 Å². The standard InChI is InChI=1S/C12H24FNO4P/c1-6-7-17-19(13,16)18-10-8-11(2,3)14(15)12(4,5)9-10/h10H,6-9H2,1-5H3/q-1. The summed E-state index contributed by atoms with van der Waals surface area (Å²) >= 11 is 0. The molecule has 1 fully saturated rings. The first-order chi connectivity index (χ1) is 8.50. The number of halogens is 1. The number of rotatable bonds is 5. The second-order valence-electron chi connectivity index (χ2n) is 6.32. The van der Waals surface area contributed by atoms with E-state index in [1.165, 1.54) is 0 Å². The minimum atomic E-state index is -4.53. The maximum absolute atomic E-state index is 13.7. The molecule has 5 nitrogen and oxygen atoms in total. The predicted molar refractivity (Wildman–Crippen MR) is 72.4 cm³/mol. The van der Waals surface area contributed by atoms with Crippen LogP contribution in [0.15, 0.2) is 0 Å². The van der Waals surface area contributed by atoms with Gasteiger partial charge in [0.2, 0.25) is 0 Å². The van der Waals surface area contributed by atoms with Crippen molar-refractivity contribution >= 4 is 7.91 Å². The fourth-order valence-electron chi connectivity index (χ4n) is 2.66. The van der Waals surface area contributed by atoms with Crippen molar-refractivity contribution in [1.82, 2.24) is 5.06 Å². The minimum absolute atomic E-state index is 0.0565. The van der Waals surface area contributed by atoms with E-state index in [0.29, 0.717) is 19.3 Å². The summed E-state index contributed by atoms with van der Waals surface area (Å²) in [6.07, 6.45) is 0.628. The van der Waals surface area contributed by atoms with Crippen molar-refractivity contribution in [3.05, 3.63) is 5.21 Å². The molecule has 1 saturated heterocycles. The molecule has 1 atom stereocenters. The molecule has 0 amide bonds. The Kier molecular flexibility index (Phi) is 5.19. The Morgan fingerprint density at radius 3 is 2.21 bits per heavy atom. The second kappa shape index (κ2) is 5.78. The molecule has 1 aliphatic heterocycles. The lowest BCUT2D eigenvalue weighted by molar-refractivity contribution is -0.0479. The van der Waals surface area contributed by atoms with Gasteiger partial charge in [-0.25, -0.2) is 4.57 Å². The molecule has 7 heteroatoms. The van der Waals surface area contributed by atoms with Crippen molar-refractivity contribution in [3.8, 4) is 0 Å². The molecule has 114 valence electrons. The molecule has 19 heavy (non-hydrogen) atoms. The molecule has 0 bridgehead atoms. The van der Waals surface area contributed by atoms with Crippen LogP contribution in [0.5, 0.6) is 0 Å². The largest absolute Gasteiger partial charge is 0.784 e. The van der Waals surface area contributed by atoms with Gasteiger partial charge in [-0.15, -0.1) is 4.20 Å². The van der Waals surface area contributed by atoms with Gasteiger partial charge in [0.25, 0.3) is 0 Å². The lowest BCUT2D eigenvalue weighted by atomic mass is 9.80. The van der Waals surface area contributed by atoms with Crippen LogP contribution in [0.1, 0.15) is 53.9 Å². The summed E-state index contributed by atoms with van der Waals surface area (Å²) in [6, 6.07) is 0. The van der Waals surface area contributed by atoms with Gasteiger partial charge in [-0.05, 0) is 47.0 Å². The number of nitrogens with zero attached hydrogens (tertiary/aromatic N) is 1. The maximum Gasteiger partial charge on any atom is 0.513 e. The van der Waals surface area contributed by atoms with E-state index < -0.39 is 25.1 Å². The Hall–Kier alpha value is -0.0000000000000000139. The highest BCUT2D eigenvalue weighted by Crippen LogP contribution is 2.54. The fraction of sp³-hybridized carbons (Fsp3) is 1.00. The van der Waals surface area contributed by atoms with Crippen LogP contribution in [0.3, 0.4) is 0 Å². The molecule has 1 rings (SSSR count). The summed E-state index contributed by atoms with van der Waals surface area (Å²) in [5.74, 6) is 0. The molecule has 0 radical (unpaired) electrons. The molecule has 1 aliphatic rings. The van der Waals surface area contributed by atoms with Crippen molar-refractivity contribution in [3.63, 3.8) is 0 Å². The van der Waals surface area contributed by atoms with Gasteiger partial charge in [0.1, 0.15) is 0 Å². The van der Waals surface area contributed by atoms with E-state index in [1.807, 2.05) is 0 Å². The summed E-state index contributed by atoms with van der Waals surface area (Å²) < 4.78 is 34.8. The third-order valence-corrected chi connectivity index (χ3v) is 4.32. The molecule has 0 aliphatic carbocycles. The second-order valence-corrected chi connectivity index (χ2v) is 7.65. The molecule has 1 heterocycles.